The van der Waals surface area contributed by atoms with Crippen molar-refractivity contribution < 1.29 is 17.6 Å². The van der Waals surface area contributed by atoms with Crippen LogP contribution in [0.25, 0.3) is 0 Å². The van der Waals surface area contributed by atoms with Gasteiger partial charge in [0.05, 0.1) is 24.8 Å². The number of amides is 1. The lowest BCUT2D eigenvalue weighted by Crippen LogP contribution is -2.49. The Morgan fingerprint density at radius 3 is 2.48 bits per heavy atom. The first-order chi connectivity index (χ1) is 11.7. The Morgan fingerprint density at radius 1 is 1.24 bits per heavy atom. The minimum absolute atomic E-state index is 0.215. The zero-order valence-electron chi connectivity index (χ0n) is 14.9. The number of benzene rings is 1. The number of hydrogen-bond acceptors (Lipinski definition) is 4. The van der Waals surface area contributed by atoms with Crippen molar-refractivity contribution in [1.82, 2.24) is 5.32 Å². The molecule has 0 saturated carbocycles. The zero-order chi connectivity index (χ0) is 18.6. The van der Waals surface area contributed by atoms with Gasteiger partial charge in [-0.1, -0.05) is 13.0 Å². The van der Waals surface area contributed by atoms with E-state index in [9.17, 15) is 13.2 Å². The van der Waals surface area contributed by atoms with E-state index in [1.54, 1.807) is 31.2 Å². The van der Waals surface area contributed by atoms with Crippen LogP contribution in [0.4, 0.5) is 5.69 Å². The SMILES string of the molecule is CCC(C(=O)NCc1ccco1)N(c1ccc(C)c(C)c1)S(C)(=O)=O. The molecular formula is C18H24N2O4S. The van der Waals surface area contributed by atoms with E-state index in [0.29, 0.717) is 17.9 Å². The van der Waals surface area contributed by atoms with Gasteiger partial charge in [0.1, 0.15) is 11.8 Å². The normalized spacial score (nSPS) is 12.6. The van der Waals surface area contributed by atoms with E-state index in [4.69, 9.17) is 4.42 Å². The van der Waals surface area contributed by atoms with Gasteiger partial charge in [0.2, 0.25) is 15.9 Å². The van der Waals surface area contributed by atoms with Crippen LogP contribution in [0.2, 0.25) is 0 Å². The first-order valence-electron chi connectivity index (χ1n) is 8.10. The van der Waals surface area contributed by atoms with Crippen LogP contribution in [0.3, 0.4) is 0 Å². The summed E-state index contributed by atoms with van der Waals surface area (Å²) in [6, 6.07) is 8.03. The first-order valence-corrected chi connectivity index (χ1v) is 9.95. The number of anilines is 1. The summed E-state index contributed by atoms with van der Waals surface area (Å²) in [6.07, 6.45) is 2.99. The molecule has 7 heteroatoms. The van der Waals surface area contributed by atoms with E-state index in [2.05, 4.69) is 5.32 Å². The summed E-state index contributed by atoms with van der Waals surface area (Å²) in [4.78, 5) is 12.6. The molecule has 2 aromatic rings. The van der Waals surface area contributed by atoms with E-state index in [1.165, 1.54) is 10.6 Å². The summed E-state index contributed by atoms with van der Waals surface area (Å²) in [5.41, 5.74) is 2.52. The number of carbonyl (C=O) groups excluding carboxylic acids is 1. The van der Waals surface area contributed by atoms with Crippen molar-refractivity contribution >= 4 is 21.6 Å². The van der Waals surface area contributed by atoms with Gasteiger partial charge in [-0.05, 0) is 55.7 Å². The van der Waals surface area contributed by atoms with Gasteiger partial charge in [-0.2, -0.15) is 0 Å². The number of hydrogen-bond donors (Lipinski definition) is 1. The number of aryl methyl sites for hydroxylation is 2. The third-order valence-electron chi connectivity index (χ3n) is 4.09. The molecule has 1 aromatic heterocycles. The summed E-state index contributed by atoms with van der Waals surface area (Å²) in [5, 5.41) is 2.75. The number of sulfonamides is 1. The topological polar surface area (TPSA) is 79.6 Å². The maximum atomic E-state index is 12.6. The lowest BCUT2D eigenvalue weighted by molar-refractivity contribution is -0.122. The molecule has 25 heavy (non-hydrogen) atoms. The minimum Gasteiger partial charge on any atom is -0.467 e. The predicted octanol–water partition coefficient (Wildman–Crippen LogP) is 2.76. The largest absolute Gasteiger partial charge is 0.467 e. The summed E-state index contributed by atoms with van der Waals surface area (Å²) in [6.45, 7) is 5.87. The number of carbonyl (C=O) groups is 1. The molecule has 0 aliphatic rings. The van der Waals surface area contributed by atoms with Crippen molar-refractivity contribution in [3.05, 3.63) is 53.5 Å². The van der Waals surface area contributed by atoms with Crippen LogP contribution in [-0.2, 0) is 21.4 Å². The van der Waals surface area contributed by atoms with Crippen molar-refractivity contribution in [3.63, 3.8) is 0 Å². The third-order valence-corrected chi connectivity index (χ3v) is 5.27. The van der Waals surface area contributed by atoms with Crippen molar-refractivity contribution in [3.8, 4) is 0 Å². The molecule has 136 valence electrons. The van der Waals surface area contributed by atoms with Crippen LogP contribution in [0.5, 0.6) is 0 Å². The van der Waals surface area contributed by atoms with Crippen LogP contribution >= 0.6 is 0 Å². The molecule has 2 rings (SSSR count). The van der Waals surface area contributed by atoms with Crippen molar-refractivity contribution in [1.29, 1.82) is 0 Å². The second kappa shape index (κ2) is 7.74. The van der Waals surface area contributed by atoms with Crippen LogP contribution in [0.1, 0.15) is 30.2 Å². The highest BCUT2D eigenvalue weighted by atomic mass is 32.2. The molecule has 6 nitrogen and oxygen atoms in total. The maximum Gasteiger partial charge on any atom is 0.244 e. The van der Waals surface area contributed by atoms with Gasteiger partial charge >= 0.3 is 0 Å². The van der Waals surface area contributed by atoms with Gasteiger partial charge in [-0.15, -0.1) is 0 Å². The van der Waals surface area contributed by atoms with Gasteiger partial charge in [-0.3, -0.25) is 9.10 Å². The van der Waals surface area contributed by atoms with Crippen molar-refractivity contribution in [2.24, 2.45) is 0 Å². The number of nitrogens with one attached hydrogen (secondary N) is 1. The van der Waals surface area contributed by atoms with Crippen LogP contribution in [0, 0.1) is 13.8 Å². The molecule has 0 aliphatic carbocycles. The van der Waals surface area contributed by atoms with E-state index < -0.39 is 16.1 Å². The van der Waals surface area contributed by atoms with Crippen molar-refractivity contribution in [2.45, 2.75) is 39.8 Å². The molecule has 0 bridgehead atoms. The highest BCUT2D eigenvalue weighted by Crippen LogP contribution is 2.25. The van der Waals surface area contributed by atoms with E-state index in [1.807, 2.05) is 19.9 Å². The average molecular weight is 364 g/mol. The lowest BCUT2D eigenvalue weighted by atomic mass is 10.1. The van der Waals surface area contributed by atoms with Gasteiger partial charge in [0.25, 0.3) is 0 Å². The molecule has 0 saturated heterocycles. The van der Waals surface area contributed by atoms with E-state index in [-0.39, 0.29) is 12.5 Å². The van der Waals surface area contributed by atoms with E-state index in [0.717, 1.165) is 17.4 Å². The Labute approximate surface area is 148 Å². The first kappa shape index (κ1) is 19.1. The quantitative estimate of drug-likeness (QED) is 0.819. The number of rotatable bonds is 7. The molecular weight excluding hydrogens is 340 g/mol. The Balaban J connectivity index is 2.30. The third kappa shape index (κ3) is 4.63. The fraction of sp³-hybridized carbons (Fsp3) is 0.389. The molecule has 0 fully saturated rings. The highest BCUT2D eigenvalue weighted by Gasteiger charge is 2.31. The zero-order valence-corrected chi connectivity index (χ0v) is 15.8. The molecule has 0 radical (unpaired) electrons. The van der Waals surface area contributed by atoms with Gasteiger partial charge < -0.3 is 9.73 Å². The fourth-order valence-electron chi connectivity index (χ4n) is 2.63. The van der Waals surface area contributed by atoms with Gasteiger partial charge in [-0.25, -0.2) is 8.42 Å². The number of furan rings is 1. The second-order valence-corrected chi connectivity index (χ2v) is 7.91. The summed E-state index contributed by atoms with van der Waals surface area (Å²) < 4.78 is 31.2. The average Bonchev–Trinajstić information content (AvgIpc) is 3.05. The molecule has 1 amide bonds. The molecule has 1 atom stereocenters. The Kier molecular flexibility index (Phi) is 5.89. The molecule has 1 heterocycles. The molecule has 1 unspecified atom stereocenters. The second-order valence-electron chi connectivity index (χ2n) is 6.05. The Bertz CT molecular complexity index is 829. The molecule has 1 aromatic carbocycles. The summed E-state index contributed by atoms with van der Waals surface area (Å²) in [7, 11) is -3.63. The smallest absolute Gasteiger partial charge is 0.244 e. The highest BCUT2D eigenvalue weighted by molar-refractivity contribution is 7.92. The fourth-order valence-corrected chi connectivity index (χ4v) is 3.83. The van der Waals surface area contributed by atoms with Crippen LogP contribution in [0.15, 0.2) is 41.0 Å². The predicted molar refractivity (Wildman–Crippen MR) is 97.9 cm³/mol. The van der Waals surface area contributed by atoms with Crippen LogP contribution < -0.4 is 9.62 Å². The number of nitrogens with zero attached hydrogens (tertiary/aromatic N) is 1. The van der Waals surface area contributed by atoms with Gasteiger partial charge in [0, 0.05) is 0 Å². The standard InChI is InChI=1S/C18H24N2O4S/c1-5-17(18(21)19-12-16-7-6-10-24-16)20(25(4,22)23)15-9-8-13(2)14(3)11-15/h6-11,17H,5,12H2,1-4H3,(H,19,21). The van der Waals surface area contributed by atoms with Gasteiger partial charge in [0.15, 0.2) is 0 Å². The summed E-state index contributed by atoms with van der Waals surface area (Å²) >= 11 is 0. The minimum atomic E-state index is -3.63. The summed E-state index contributed by atoms with van der Waals surface area (Å²) in [5.74, 6) is 0.253. The maximum absolute atomic E-state index is 12.6. The molecule has 0 aliphatic heterocycles. The Hall–Kier alpha value is -2.28. The lowest BCUT2D eigenvalue weighted by Gasteiger charge is -2.30. The van der Waals surface area contributed by atoms with Crippen molar-refractivity contribution in [2.75, 3.05) is 10.6 Å². The monoisotopic (exact) mass is 364 g/mol. The van der Waals surface area contributed by atoms with E-state index >= 15 is 0 Å². The Morgan fingerprint density at radius 2 is 1.96 bits per heavy atom. The molecule has 0 spiro atoms. The van der Waals surface area contributed by atoms with Crippen LogP contribution in [-0.4, -0.2) is 26.6 Å². The molecule has 1 N–H and O–H groups in total.